The van der Waals surface area contributed by atoms with Crippen molar-refractivity contribution in [3.8, 4) is 23.0 Å². The van der Waals surface area contributed by atoms with Gasteiger partial charge in [0.2, 0.25) is 18.6 Å². The highest BCUT2D eigenvalue weighted by molar-refractivity contribution is 7.99. The van der Waals surface area contributed by atoms with Crippen LogP contribution in [0.15, 0.2) is 70.6 Å². The third-order valence-electron chi connectivity index (χ3n) is 7.03. The number of unbranched alkanes of at least 4 members (excludes halogenated alkanes) is 2. The van der Waals surface area contributed by atoms with Crippen molar-refractivity contribution in [3.05, 3.63) is 76.6 Å². The molecule has 11 nitrogen and oxygen atoms in total. The maximum absolute atomic E-state index is 13.6. The molecule has 0 bridgehead atoms. The lowest BCUT2D eigenvalue weighted by Gasteiger charge is -2.14. The van der Waals surface area contributed by atoms with Crippen molar-refractivity contribution in [3.63, 3.8) is 0 Å². The Hall–Kier alpha value is -4.71. The largest absolute Gasteiger partial charge is 0.497 e. The second-order valence-corrected chi connectivity index (χ2v) is 11.0. The number of carbonyl (C=O) groups excluding carboxylic acids is 2. The van der Waals surface area contributed by atoms with Crippen LogP contribution < -0.4 is 35.1 Å². The highest BCUT2D eigenvalue weighted by atomic mass is 32.2. The Bertz CT molecular complexity index is 1690. The van der Waals surface area contributed by atoms with Gasteiger partial charge >= 0.3 is 0 Å². The molecule has 0 aliphatic carbocycles. The van der Waals surface area contributed by atoms with E-state index in [1.165, 1.54) is 11.8 Å². The zero-order valence-corrected chi connectivity index (χ0v) is 25.4. The third-order valence-corrected chi connectivity index (χ3v) is 8.01. The summed E-state index contributed by atoms with van der Waals surface area (Å²) in [6.45, 7) is 0.925. The molecule has 1 aromatic heterocycles. The standard InChI is InChI=1S/C32H34N4O7S/c1-40-23-12-10-21(11-13-23)18-33-29(37)9-4-3-5-14-36-31(39)25-16-27-28(43-20-42-27)17-26(25)35-32(36)44-19-30(38)34-22-7-6-8-24(15-22)41-2/h6-8,10-13,15-17H,3-5,9,14,18-20H2,1-2H3,(H,33,37)(H,34,38). The number of fused-ring (bicyclic) bond motifs is 2. The molecule has 0 fully saturated rings. The molecular weight excluding hydrogens is 584 g/mol. The van der Waals surface area contributed by atoms with Crippen molar-refractivity contribution in [2.24, 2.45) is 0 Å². The number of anilines is 1. The van der Waals surface area contributed by atoms with Gasteiger partial charge in [0, 0.05) is 37.3 Å². The van der Waals surface area contributed by atoms with Crippen molar-refractivity contribution in [2.75, 3.05) is 32.1 Å². The molecule has 4 aromatic rings. The summed E-state index contributed by atoms with van der Waals surface area (Å²) in [5.74, 6) is 2.21. The number of benzene rings is 3. The zero-order chi connectivity index (χ0) is 30.9. The first kappa shape index (κ1) is 30.7. The Morgan fingerprint density at radius 1 is 0.932 bits per heavy atom. The van der Waals surface area contributed by atoms with Crippen molar-refractivity contribution in [1.82, 2.24) is 14.9 Å². The molecule has 230 valence electrons. The summed E-state index contributed by atoms with van der Waals surface area (Å²) in [6.07, 6.45) is 2.46. The minimum atomic E-state index is -0.240. The molecule has 1 aliphatic rings. The Balaban J connectivity index is 1.20. The fourth-order valence-corrected chi connectivity index (χ4v) is 5.52. The maximum atomic E-state index is 13.6. The number of hydrogen-bond donors (Lipinski definition) is 2. The molecule has 44 heavy (non-hydrogen) atoms. The lowest BCUT2D eigenvalue weighted by atomic mass is 10.1. The minimum Gasteiger partial charge on any atom is -0.497 e. The van der Waals surface area contributed by atoms with Gasteiger partial charge in [0.25, 0.3) is 5.56 Å². The summed E-state index contributed by atoms with van der Waals surface area (Å²) in [4.78, 5) is 43.5. The van der Waals surface area contributed by atoms with E-state index in [1.54, 1.807) is 55.2 Å². The summed E-state index contributed by atoms with van der Waals surface area (Å²) in [5, 5.41) is 6.64. The molecule has 3 aromatic carbocycles. The predicted molar refractivity (Wildman–Crippen MR) is 168 cm³/mol. The van der Waals surface area contributed by atoms with Crippen molar-refractivity contribution in [1.29, 1.82) is 0 Å². The highest BCUT2D eigenvalue weighted by Gasteiger charge is 2.20. The number of nitrogens with zero attached hydrogens (tertiary/aromatic N) is 2. The van der Waals surface area contributed by atoms with Gasteiger partial charge in [0.15, 0.2) is 16.7 Å². The molecule has 0 unspecified atom stereocenters. The van der Waals surface area contributed by atoms with Gasteiger partial charge in [-0.1, -0.05) is 36.4 Å². The van der Waals surface area contributed by atoms with Crippen LogP contribution in [0, 0.1) is 0 Å². The number of carbonyl (C=O) groups is 2. The van der Waals surface area contributed by atoms with E-state index in [4.69, 9.17) is 23.9 Å². The van der Waals surface area contributed by atoms with E-state index < -0.39 is 0 Å². The van der Waals surface area contributed by atoms with Crippen molar-refractivity contribution in [2.45, 2.75) is 43.9 Å². The molecule has 0 radical (unpaired) electrons. The Kier molecular flexibility index (Phi) is 10.2. The fourth-order valence-electron chi connectivity index (χ4n) is 4.69. The van der Waals surface area contributed by atoms with Crippen LogP contribution in [-0.4, -0.2) is 48.1 Å². The van der Waals surface area contributed by atoms with E-state index in [1.807, 2.05) is 24.3 Å². The van der Waals surface area contributed by atoms with E-state index in [0.717, 1.165) is 17.7 Å². The van der Waals surface area contributed by atoms with Gasteiger partial charge in [0.1, 0.15) is 11.5 Å². The van der Waals surface area contributed by atoms with Crippen LogP contribution in [0.4, 0.5) is 5.69 Å². The second-order valence-electron chi connectivity index (χ2n) is 10.1. The van der Waals surface area contributed by atoms with Gasteiger partial charge in [-0.15, -0.1) is 0 Å². The number of amides is 2. The summed E-state index contributed by atoms with van der Waals surface area (Å²) in [7, 11) is 3.18. The van der Waals surface area contributed by atoms with Crippen LogP contribution in [0.2, 0.25) is 0 Å². The van der Waals surface area contributed by atoms with E-state index in [-0.39, 0.29) is 29.9 Å². The normalized spacial score (nSPS) is 11.8. The number of hydrogen-bond acceptors (Lipinski definition) is 9. The Morgan fingerprint density at radius 3 is 2.48 bits per heavy atom. The number of aromatic nitrogens is 2. The molecule has 0 saturated heterocycles. The lowest BCUT2D eigenvalue weighted by Crippen LogP contribution is -2.25. The summed E-state index contributed by atoms with van der Waals surface area (Å²) in [5.41, 5.74) is 1.85. The fraction of sp³-hybridized carbons (Fsp3) is 0.312. The van der Waals surface area contributed by atoms with Crippen LogP contribution in [0.5, 0.6) is 23.0 Å². The Labute approximate surface area is 258 Å². The summed E-state index contributed by atoms with van der Waals surface area (Å²) in [6, 6.07) is 18.0. The molecule has 0 saturated carbocycles. The quantitative estimate of drug-likeness (QED) is 0.117. The van der Waals surface area contributed by atoms with Crippen molar-refractivity contribution < 1.29 is 28.5 Å². The number of ether oxygens (including phenoxy) is 4. The summed E-state index contributed by atoms with van der Waals surface area (Å²) >= 11 is 1.19. The van der Waals surface area contributed by atoms with Crippen molar-refractivity contribution >= 4 is 40.2 Å². The predicted octanol–water partition coefficient (Wildman–Crippen LogP) is 4.75. The van der Waals surface area contributed by atoms with Gasteiger partial charge in [-0.3, -0.25) is 19.0 Å². The smallest absolute Gasteiger partial charge is 0.262 e. The van der Waals surface area contributed by atoms with Crippen LogP contribution in [-0.2, 0) is 22.7 Å². The summed E-state index contributed by atoms with van der Waals surface area (Å²) < 4.78 is 22.9. The first-order valence-corrected chi connectivity index (χ1v) is 15.2. The van der Waals surface area contributed by atoms with E-state index in [0.29, 0.717) is 71.3 Å². The molecule has 0 atom stereocenters. The highest BCUT2D eigenvalue weighted by Crippen LogP contribution is 2.35. The monoisotopic (exact) mass is 618 g/mol. The molecule has 2 N–H and O–H groups in total. The topological polar surface area (TPSA) is 130 Å². The lowest BCUT2D eigenvalue weighted by molar-refractivity contribution is -0.121. The molecule has 12 heteroatoms. The number of thioether (sulfide) groups is 1. The van der Waals surface area contributed by atoms with Gasteiger partial charge in [0.05, 0.1) is 30.9 Å². The van der Waals surface area contributed by atoms with Crippen LogP contribution in [0.25, 0.3) is 10.9 Å². The molecule has 0 spiro atoms. The average molecular weight is 619 g/mol. The zero-order valence-electron chi connectivity index (χ0n) is 24.6. The van der Waals surface area contributed by atoms with Crippen LogP contribution in [0.3, 0.4) is 0 Å². The minimum absolute atomic E-state index is 0.0280. The van der Waals surface area contributed by atoms with Crippen LogP contribution >= 0.6 is 11.8 Å². The van der Waals surface area contributed by atoms with E-state index in [9.17, 15) is 14.4 Å². The number of nitrogens with one attached hydrogen (secondary N) is 2. The number of methoxy groups -OCH3 is 2. The second kappa shape index (κ2) is 14.6. The van der Waals surface area contributed by atoms with Gasteiger partial charge in [-0.2, -0.15) is 0 Å². The van der Waals surface area contributed by atoms with Crippen LogP contribution in [0.1, 0.15) is 31.2 Å². The molecular formula is C32H34N4O7S. The SMILES string of the molecule is COc1ccc(CNC(=O)CCCCCn2c(SCC(=O)Nc3cccc(OC)c3)nc3cc4c(cc3c2=O)OCO4)cc1. The average Bonchev–Trinajstić information content (AvgIpc) is 3.50. The van der Waals surface area contributed by atoms with E-state index >= 15 is 0 Å². The molecule has 2 heterocycles. The Morgan fingerprint density at radius 2 is 1.70 bits per heavy atom. The van der Waals surface area contributed by atoms with Gasteiger partial charge in [-0.05, 0) is 48.7 Å². The third kappa shape index (κ3) is 7.81. The maximum Gasteiger partial charge on any atom is 0.262 e. The molecule has 5 rings (SSSR count). The van der Waals surface area contributed by atoms with Gasteiger partial charge in [-0.25, -0.2) is 4.98 Å². The molecule has 2 amide bonds. The first-order chi connectivity index (χ1) is 21.4. The number of rotatable bonds is 14. The van der Waals surface area contributed by atoms with E-state index in [2.05, 4.69) is 10.6 Å². The first-order valence-electron chi connectivity index (χ1n) is 14.2. The van der Waals surface area contributed by atoms with Gasteiger partial charge < -0.3 is 29.6 Å². The molecule has 1 aliphatic heterocycles.